The van der Waals surface area contributed by atoms with E-state index in [1.807, 2.05) is 19.1 Å². The number of hydrogen-bond donors (Lipinski definition) is 0. The first-order valence-electron chi connectivity index (χ1n) is 6.18. The van der Waals surface area contributed by atoms with Crippen molar-refractivity contribution in [3.05, 3.63) is 54.1 Å². The molecule has 0 spiro atoms. The summed E-state index contributed by atoms with van der Waals surface area (Å²) in [5, 5.41) is 0. The van der Waals surface area contributed by atoms with Crippen LogP contribution in [-0.2, 0) is 0 Å². The lowest BCUT2D eigenvalue weighted by Gasteiger charge is -2.12. The normalized spacial score (nSPS) is 12.2. The van der Waals surface area contributed by atoms with Crippen molar-refractivity contribution in [3.63, 3.8) is 0 Å². The van der Waals surface area contributed by atoms with Gasteiger partial charge in [-0.25, -0.2) is 0 Å². The minimum Gasteiger partial charge on any atom is -0.494 e. The van der Waals surface area contributed by atoms with Crippen molar-refractivity contribution >= 4 is 15.9 Å². The van der Waals surface area contributed by atoms with Crippen molar-refractivity contribution in [2.24, 2.45) is 0 Å². The molecule has 0 saturated heterocycles. The summed E-state index contributed by atoms with van der Waals surface area (Å²) in [7, 11) is 0. The van der Waals surface area contributed by atoms with Gasteiger partial charge in [-0.1, -0.05) is 52.3 Å². The fourth-order valence-corrected chi connectivity index (χ4v) is 2.40. The zero-order valence-electron chi connectivity index (χ0n) is 10.7. The largest absolute Gasteiger partial charge is 0.494 e. The highest BCUT2D eigenvalue weighted by Crippen LogP contribution is 2.32. The molecule has 0 aliphatic carbocycles. The Bertz CT molecular complexity index is 503. The van der Waals surface area contributed by atoms with Crippen molar-refractivity contribution in [3.8, 4) is 16.9 Å². The predicted octanol–water partition coefficient (Wildman–Crippen LogP) is 5.21. The number of benzene rings is 2. The summed E-state index contributed by atoms with van der Waals surface area (Å²) < 4.78 is 5.47. The Kier molecular flexibility index (Phi) is 4.43. The summed E-state index contributed by atoms with van der Waals surface area (Å²) in [6.45, 7) is 4.84. The lowest BCUT2D eigenvalue weighted by molar-refractivity contribution is 0.340. The van der Waals surface area contributed by atoms with Crippen LogP contribution in [0.15, 0.2) is 48.5 Å². The maximum Gasteiger partial charge on any atom is 0.119 e. The maximum absolute atomic E-state index is 5.47. The molecule has 2 heteroatoms. The Balaban J connectivity index is 2.36. The van der Waals surface area contributed by atoms with Crippen molar-refractivity contribution in [2.45, 2.75) is 18.7 Å². The van der Waals surface area contributed by atoms with Gasteiger partial charge >= 0.3 is 0 Å². The third kappa shape index (κ3) is 2.94. The summed E-state index contributed by atoms with van der Waals surface area (Å²) in [5.74, 6) is 0.922. The van der Waals surface area contributed by atoms with Crippen LogP contribution in [0.5, 0.6) is 5.75 Å². The van der Waals surface area contributed by atoms with Gasteiger partial charge in [0, 0.05) is 4.83 Å². The van der Waals surface area contributed by atoms with Crippen molar-refractivity contribution in [2.75, 3.05) is 6.61 Å². The van der Waals surface area contributed by atoms with Crippen LogP contribution >= 0.6 is 15.9 Å². The zero-order chi connectivity index (χ0) is 13.0. The average Bonchev–Trinajstić information content (AvgIpc) is 2.40. The fraction of sp³-hybridized carbons (Fsp3) is 0.250. The van der Waals surface area contributed by atoms with E-state index in [0.29, 0.717) is 11.4 Å². The van der Waals surface area contributed by atoms with Crippen LogP contribution < -0.4 is 4.74 Å². The molecule has 2 aromatic carbocycles. The maximum atomic E-state index is 5.47. The molecular formula is C16H17BrO. The highest BCUT2D eigenvalue weighted by atomic mass is 79.9. The van der Waals surface area contributed by atoms with Crippen LogP contribution in [0.3, 0.4) is 0 Å². The summed E-state index contributed by atoms with van der Waals surface area (Å²) in [6, 6.07) is 16.7. The first kappa shape index (κ1) is 13.2. The molecule has 0 aromatic heterocycles. The van der Waals surface area contributed by atoms with Gasteiger partial charge in [-0.2, -0.15) is 0 Å². The van der Waals surface area contributed by atoms with Gasteiger partial charge < -0.3 is 4.74 Å². The predicted molar refractivity (Wildman–Crippen MR) is 80.4 cm³/mol. The van der Waals surface area contributed by atoms with E-state index in [2.05, 4.69) is 59.3 Å². The second-order valence-electron chi connectivity index (χ2n) is 4.16. The molecular weight excluding hydrogens is 288 g/mol. The van der Waals surface area contributed by atoms with Crippen LogP contribution in [-0.4, -0.2) is 6.61 Å². The first-order valence-corrected chi connectivity index (χ1v) is 7.10. The summed E-state index contributed by atoms with van der Waals surface area (Å²) >= 11 is 3.65. The highest BCUT2D eigenvalue weighted by molar-refractivity contribution is 9.09. The van der Waals surface area contributed by atoms with E-state index in [4.69, 9.17) is 4.74 Å². The molecule has 94 valence electrons. The third-order valence-corrected chi connectivity index (χ3v) is 3.36. The van der Waals surface area contributed by atoms with Crippen molar-refractivity contribution in [1.82, 2.24) is 0 Å². The zero-order valence-corrected chi connectivity index (χ0v) is 12.3. The van der Waals surface area contributed by atoms with E-state index < -0.39 is 0 Å². The lowest BCUT2D eigenvalue weighted by Crippen LogP contribution is -1.92. The molecule has 2 rings (SSSR count). The van der Waals surface area contributed by atoms with Crippen LogP contribution in [0.25, 0.3) is 11.1 Å². The Hall–Kier alpha value is -1.28. The molecule has 1 nitrogen and oxygen atoms in total. The van der Waals surface area contributed by atoms with E-state index in [-0.39, 0.29) is 0 Å². The van der Waals surface area contributed by atoms with E-state index in [0.717, 1.165) is 5.75 Å². The van der Waals surface area contributed by atoms with Gasteiger partial charge in [0.25, 0.3) is 0 Å². The van der Waals surface area contributed by atoms with Crippen LogP contribution in [0.4, 0.5) is 0 Å². The lowest BCUT2D eigenvalue weighted by atomic mass is 9.98. The average molecular weight is 305 g/mol. The van der Waals surface area contributed by atoms with E-state index >= 15 is 0 Å². The quantitative estimate of drug-likeness (QED) is 0.705. The van der Waals surface area contributed by atoms with Crippen LogP contribution in [0, 0.1) is 0 Å². The van der Waals surface area contributed by atoms with Gasteiger partial charge in [-0.3, -0.25) is 0 Å². The van der Waals surface area contributed by atoms with Gasteiger partial charge in [0.1, 0.15) is 5.75 Å². The molecule has 0 fully saturated rings. The number of alkyl halides is 1. The number of hydrogen-bond acceptors (Lipinski definition) is 1. The Morgan fingerprint density at radius 1 is 1.06 bits per heavy atom. The molecule has 0 radical (unpaired) electrons. The van der Waals surface area contributed by atoms with Gasteiger partial charge in [-0.15, -0.1) is 0 Å². The smallest absolute Gasteiger partial charge is 0.119 e. The molecule has 0 saturated carbocycles. The standard InChI is InChI=1S/C16H17BrO/c1-3-18-14-10-8-13(9-11-14)16-7-5-4-6-15(16)12(2)17/h4-12H,3H2,1-2H3. The molecule has 1 atom stereocenters. The molecule has 0 aliphatic heterocycles. The first-order chi connectivity index (χ1) is 8.72. The van der Waals surface area contributed by atoms with Gasteiger partial charge in [-0.05, 0) is 42.7 Å². The van der Waals surface area contributed by atoms with Crippen LogP contribution in [0.1, 0.15) is 24.2 Å². The SMILES string of the molecule is CCOc1ccc(-c2ccccc2C(C)Br)cc1. The van der Waals surface area contributed by atoms with E-state index in [9.17, 15) is 0 Å². The molecule has 0 amide bonds. The number of halogens is 1. The molecule has 0 bridgehead atoms. The van der Waals surface area contributed by atoms with Crippen molar-refractivity contribution < 1.29 is 4.74 Å². The van der Waals surface area contributed by atoms with E-state index in [1.165, 1.54) is 16.7 Å². The van der Waals surface area contributed by atoms with Crippen LogP contribution in [0.2, 0.25) is 0 Å². The molecule has 2 aromatic rings. The highest BCUT2D eigenvalue weighted by Gasteiger charge is 2.08. The van der Waals surface area contributed by atoms with Gasteiger partial charge in [0.15, 0.2) is 0 Å². The second-order valence-corrected chi connectivity index (χ2v) is 5.53. The number of ether oxygens (including phenoxy) is 1. The van der Waals surface area contributed by atoms with Gasteiger partial charge in [0.2, 0.25) is 0 Å². The molecule has 0 aliphatic rings. The van der Waals surface area contributed by atoms with E-state index in [1.54, 1.807) is 0 Å². The van der Waals surface area contributed by atoms with Gasteiger partial charge in [0.05, 0.1) is 6.61 Å². The third-order valence-electron chi connectivity index (χ3n) is 2.87. The monoisotopic (exact) mass is 304 g/mol. The summed E-state index contributed by atoms with van der Waals surface area (Å²) in [4.78, 5) is 0.347. The fourth-order valence-electron chi connectivity index (χ4n) is 2.00. The summed E-state index contributed by atoms with van der Waals surface area (Å²) in [6.07, 6.45) is 0. The Morgan fingerprint density at radius 2 is 1.72 bits per heavy atom. The molecule has 1 unspecified atom stereocenters. The second kappa shape index (κ2) is 6.05. The Labute approximate surface area is 117 Å². The van der Waals surface area contributed by atoms with Crippen molar-refractivity contribution in [1.29, 1.82) is 0 Å². The molecule has 0 N–H and O–H groups in total. The number of rotatable bonds is 4. The minimum atomic E-state index is 0.347. The molecule has 0 heterocycles. The summed E-state index contributed by atoms with van der Waals surface area (Å²) in [5.41, 5.74) is 3.80. The minimum absolute atomic E-state index is 0.347. The topological polar surface area (TPSA) is 9.23 Å². The molecule has 18 heavy (non-hydrogen) atoms. The Morgan fingerprint density at radius 3 is 2.33 bits per heavy atom.